The van der Waals surface area contributed by atoms with E-state index < -0.39 is 25.1 Å². The van der Waals surface area contributed by atoms with E-state index in [1.807, 2.05) is 0 Å². The van der Waals surface area contributed by atoms with Crippen LogP contribution in [-0.2, 0) is 20.2 Å². The number of hydrogen-bond acceptors (Lipinski definition) is 6. The summed E-state index contributed by atoms with van der Waals surface area (Å²) in [6.07, 6.45) is 0. The zero-order valence-electron chi connectivity index (χ0n) is 11.0. The average Bonchev–Trinajstić information content (AvgIpc) is 2.39. The summed E-state index contributed by atoms with van der Waals surface area (Å²) in [5, 5.41) is 0. The highest BCUT2D eigenvalue weighted by Crippen LogP contribution is 2.35. The van der Waals surface area contributed by atoms with Crippen LogP contribution in [0.15, 0.2) is 46.2 Å². The van der Waals surface area contributed by atoms with E-state index in [1.165, 1.54) is 24.3 Å². The van der Waals surface area contributed by atoms with Gasteiger partial charge in [0.05, 0.1) is 16.3 Å². The van der Waals surface area contributed by atoms with Gasteiger partial charge >= 0.3 is 0 Å². The minimum Gasteiger partial charge on any atom is -0.397 e. The monoisotopic (exact) mass is 344 g/mol. The molecule has 0 amide bonds. The summed E-state index contributed by atoms with van der Waals surface area (Å²) in [7, 11) is -9.01. The first-order chi connectivity index (χ1) is 10.0. The fourth-order valence-electron chi connectivity index (χ4n) is 1.93. The number of rotatable bonds is 3. The molecule has 2 rings (SSSR count). The van der Waals surface area contributed by atoms with Gasteiger partial charge < -0.3 is 11.5 Å². The normalized spacial score (nSPS) is 12.3. The molecular weight excluding hydrogens is 332 g/mol. The van der Waals surface area contributed by atoms with E-state index in [-0.39, 0.29) is 27.4 Å². The Kier molecular flexibility index (Phi) is 3.87. The zero-order valence-corrected chi connectivity index (χ0v) is 12.6. The third-order valence-electron chi connectivity index (χ3n) is 2.95. The maximum Gasteiger partial charge on any atom is 0.297 e. The molecule has 0 aliphatic rings. The molecule has 0 heterocycles. The molecule has 0 bridgehead atoms. The highest BCUT2D eigenvalue weighted by molar-refractivity contribution is 7.86. The lowest BCUT2D eigenvalue weighted by atomic mass is 10.0. The van der Waals surface area contributed by atoms with Gasteiger partial charge in [-0.15, -0.1) is 0 Å². The molecule has 2 aromatic rings. The Morgan fingerprint density at radius 3 is 1.77 bits per heavy atom. The minimum absolute atomic E-state index is 0.0223. The fraction of sp³-hybridized carbons (Fsp3) is 0. The second-order valence-electron chi connectivity index (χ2n) is 4.42. The molecule has 0 unspecified atom stereocenters. The van der Waals surface area contributed by atoms with Crippen molar-refractivity contribution in [2.75, 3.05) is 11.5 Å². The molecule has 0 saturated carbocycles. The second kappa shape index (κ2) is 5.25. The highest BCUT2D eigenvalue weighted by atomic mass is 32.2. The molecule has 0 spiro atoms. The van der Waals surface area contributed by atoms with Crippen LogP contribution in [0.25, 0.3) is 11.1 Å². The number of hydrogen-bond donors (Lipinski definition) is 4. The van der Waals surface area contributed by atoms with Crippen LogP contribution in [0.4, 0.5) is 11.4 Å². The van der Waals surface area contributed by atoms with Gasteiger partial charge in [0, 0.05) is 5.56 Å². The molecule has 0 fully saturated rings. The Bertz CT molecular complexity index is 934. The quantitative estimate of drug-likeness (QED) is 0.474. The standard InChI is InChI=1S/C12H12N2O6S2/c13-10-6-5-9(12(11(10)14)22(18,19)20)7-1-3-8(4-2-7)21(15,16)17/h1-6H,13-14H2,(H,15,16,17)(H,18,19,20). The topological polar surface area (TPSA) is 161 Å². The van der Waals surface area contributed by atoms with Gasteiger partial charge in [-0.05, 0) is 23.8 Å². The van der Waals surface area contributed by atoms with E-state index >= 15 is 0 Å². The van der Waals surface area contributed by atoms with E-state index in [4.69, 9.17) is 16.0 Å². The SMILES string of the molecule is Nc1ccc(-c2ccc(S(=O)(=O)O)cc2)c(S(=O)(=O)O)c1N. The van der Waals surface area contributed by atoms with Gasteiger partial charge in [0.25, 0.3) is 20.2 Å². The van der Waals surface area contributed by atoms with Gasteiger partial charge in [0.1, 0.15) is 4.90 Å². The van der Waals surface area contributed by atoms with Crippen LogP contribution in [0.5, 0.6) is 0 Å². The van der Waals surface area contributed by atoms with E-state index in [9.17, 15) is 21.4 Å². The number of nitrogens with two attached hydrogens (primary N) is 2. The summed E-state index contributed by atoms with van der Waals surface area (Å²) in [5.41, 5.74) is 11.1. The number of nitrogen functional groups attached to an aromatic ring is 2. The number of anilines is 2. The van der Waals surface area contributed by atoms with Crippen molar-refractivity contribution in [1.82, 2.24) is 0 Å². The molecule has 118 valence electrons. The molecule has 0 saturated heterocycles. The maximum atomic E-state index is 11.5. The van der Waals surface area contributed by atoms with Crippen LogP contribution < -0.4 is 11.5 Å². The first kappa shape index (κ1) is 16.2. The third-order valence-corrected chi connectivity index (χ3v) is 4.77. The largest absolute Gasteiger partial charge is 0.397 e. The van der Waals surface area contributed by atoms with Gasteiger partial charge in [-0.2, -0.15) is 16.8 Å². The Morgan fingerprint density at radius 1 is 0.773 bits per heavy atom. The zero-order chi connectivity index (χ0) is 16.7. The highest BCUT2D eigenvalue weighted by Gasteiger charge is 2.22. The molecule has 0 radical (unpaired) electrons. The summed E-state index contributed by atoms with van der Waals surface area (Å²) in [6, 6.07) is 7.40. The molecule has 8 nitrogen and oxygen atoms in total. The van der Waals surface area contributed by atoms with E-state index in [2.05, 4.69) is 0 Å². The molecule has 0 aromatic heterocycles. The third kappa shape index (κ3) is 3.04. The van der Waals surface area contributed by atoms with Gasteiger partial charge in [-0.1, -0.05) is 18.2 Å². The Morgan fingerprint density at radius 2 is 1.32 bits per heavy atom. The summed E-state index contributed by atoms with van der Waals surface area (Å²) >= 11 is 0. The van der Waals surface area contributed by atoms with Crippen LogP contribution in [-0.4, -0.2) is 25.9 Å². The van der Waals surface area contributed by atoms with Gasteiger partial charge in [-0.25, -0.2) is 0 Å². The molecule has 6 N–H and O–H groups in total. The summed E-state index contributed by atoms with van der Waals surface area (Å²) in [6.45, 7) is 0. The van der Waals surface area contributed by atoms with Gasteiger partial charge in [0.15, 0.2) is 0 Å². The van der Waals surface area contributed by atoms with Crippen molar-refractivity contribution >= 4 is 31.6 Å². The Hall–Kier alpha value is -2.14. The van der Waals surface area contributed by atoms with Crippen LogP contribution in [0.1, 0.15) is 0 Å². The average molecular weight is 344 g/mol. The first-order valence-corrected chi connectivity index (χ1v) is 8.63. The Labute approximate surface area is 126 Å². The van der Waals surface area contributed by atoms with Crippen molar-refractivity contribution in [3.8, 4) is 11.1 Å². The molecule has 22 heavy (non-hydrogen) atoms. The number of benzene rings is 2. The lowest BCUT2D eigenvalue weighted by Gasteiger charge is -2.12. The lowest BCUT2D eigenvalue weighted by molar-refractivity contribution is 0.481. The van der Waals surface area contributed by atoms with Crippen LogP contribution >= 0.6 is 0 Å². The van der Waals surface area contributed by atoms with Crippen molar-refractivity contribution in [3.63, 3.8) is 0 Å². The van der Waals surface area contributed by atoms with Crippen LogP contribution in [0.3, 0.4) is 0 Å². The van der Waals surface area contributed by atoms with Crippen molar-refractivity contribution in [1.29, 1.82) is 0 Å². The smallest absolute Gasteiger partial charge is 0.297 e. The predicted octanol–water partition coefficient (Wildman–Crippen LogP) is 1.01. The lowest BCUT2D eigenvalue weighted by Crippen LogP contribution is -2.08. The molecule has 0 aliphatic carbocycles. The van der Waals surface area contributed by atoms with Crippen molar-refractivity contribution < 1.29 is 25.9 Å². The minimum atomic E-state index is -4.65. The predicted molar refractivity (Wildman–Crippen MR) is 80.3 cm³/mol. The van der Waals surface area contributed by atoms with Crippen LogP contribution in [0, 0.1) is 0 Å². The molecule has 0 aliphatic heterocycles. The van der Waals surface area contributed by atoms with Crippen LogP contribution in [0.2, 0.25) is 0 Å². The van der Waals surface area contributed by atoms with Crippen molar-refractivity contribution in [2.24, 2.45) is 0 Å². The van der Waals surface area contributed by atoms with Crippen molar-refractivity contribution in [2.45, 2.75) is 9.79 Å². The Balaban J connectivity index is 2.71. The van der Waals surface area contributed by atoms with Gasteiger partial charge in [0.2, 0.25) is 0 Å². The van der Waals surface area contributed by atoms with E-state index in [1.54, 1.807) is 0 Å². The first-order valence-electron chi connectivity index (χ1n) is 5.75. The summed E-state index contributed by atoms with van der Waals surface area (Å²) in [4.78, 5) is -0.917. The fourth-order valence-corrected chi connectivity index (χ4v) is 3.27. The molecule has 2 aromatic carbocycles. The second-order valence-corrected chi connectivity index (χ2v) is 7.20. The molecule has 0 atom stereocenters. The summed E-state index contributed by atoms with van der Waals surface area (Å²) in [5.74, 6) is 0. The molecular formula is C12H12N2O6S2. The summed E-state index contributed by atoms with van der Waals surface area (Å²) < 4.78 is 63.2. The van der Waals surface area contributed by atoms with E-state index in [0.29, 0.717) is 0 Å². The van der Waals surface area contributed by atoms with E-state index in [0.717, 1.165) is 12.1 Å². The van der Waals surface area contributed by atoms with Gasteiger partial charge in [-0.3, -0.25) is 9.11 Å². The van der Waals surface area contributed by atoms with Crippen molar-refractivity contribution in [3.05, 3.63) is 36.4 Å². The maximum absolute atomic E-state index is 11.5. The molecule has 10 heteroatoms.